The van der Waals surface area contributed by atoms with Crippen LogP contribution in [0.4, 0.5) is 5.82 Å². The maximum Gasteiger partial charge on any atom is 0.263 e. The van der Waals surface area contributed by atoms with Crippen LogP contribution in [0.15, 0.2) is 30.3 Å². The van der Waals surface area contributed by atoms with Gasteiger partial charge in [-0.05, 0) is 18.6 Å². The Hall–Kier alpha value is -2.63. The highest BCUT2D eigenvalue weighted by Gasteiger charge is 2.30. The van der Waals surface area contributed by atoms with Crippen LogP contribution in [0.2, 0.25) is 0 Å². The summed E-state index contributed by atoms with van der Waals surface area (Å²) >= 11 is 0. The van der Waals surface area contributed by atoms with E-state index in [1.807, 2.05) is 30.3 Å². The Morgan fingerprint density at radius 1 is 1.12 bits per heavy atom. The van der Waals surface area contributed by atoms with Crippen LogP contribution in [-0.2, 0) is 11.2 Å². The van der Waals surface area contributed by atoms with Crippen LogP contribution >= 0.6 is 0 Å². The van der Waals surface area contributed by atoms with E-state index in [2.05, 4.69) is 22.7 Å². The zero-order chi connectivity index (χ0) is 17.6. The third-order valence-corrected chi connectivity index (χ3v) is 4.34. The van der Waals surface area contributed by atoms with Gasteiger partial charge in [0.25, 0.3) is 5.91 Å². The van der Waals surface area contributed by atoms with Crippen molar-refractivity contribution < 1.29 is 9.59 Å². The van der Waals surface area contributed by atoms with Gasteiger partial charge in [-0.3, -0.25) is 14.9 Å². The first-order valence-electron chi connectivity index (χ1n) is 8.96. The molecule has 3 rings (SSSR count). The molecule has 0 radical (unpaired) electrons. The number of para-hydroxylation sites is 1. The molecule has 1 aliphatic heterocycles. The standard InChI is InChI=1S/C19H24N4O2/c1-2-3-4-5-9-12-20-18-17-15(13-16(24)21-19(17)25)22-23(18)14-10-7-6-8-11-14/h6-8,10-11,20H,2-5,9,12-13H2,1H3,(H,21,24,25). The lowest BCUT2D eigenvalue weighted by atomic mass is 10.1. The topological polar surface area (TPSA) is 76.0 Å². The van der Waals surface area contributed by atoms with E-state index in [1.54, 1.807) is 4.68 Å². The molecule has 25 heavy (non-hydrogen) atoms. The molecule has 2 aromatic rings. The molecule has 1 aromatic heterocycles. The minimum absolute atomic E-state index is 0.131. The Morgan fingerprint density at radius 2 is 1.88 bits per heavy atom. The third kappa shape index (κ3) is 3.90. The molecular formula is C19H24N4O2. The van der Waals surface area contributed by atoms with Crippen LogP contribution in [0.3, 0.4) is 0 Å². The summed E-state index contributed by atoms with van der Waals surface area (Å²) in [5.74, 6) is -0.00932. The average molecular weight is 340 g/mol. The number of anilines is 1. The summed E-state index contributed by atoms with van der Waals surface area (Å²) in [6.07, 6.45) is 6.02. The predicted octanol–water partition coefficient (Wildman–Crippen LogP) is 3.07. The van der Waals surface area contributed by atoms with Crippen molar-refractivity contribution >= 4 is 17.6 Å². The Labute approximate surface area is 147 Å². The minimum Gasteiger partial charge on any atom is -0.369 e. The first kappa shape index (κ1) is 17.2. The van der Waals surface area contributed by atoms with Gasteiger partial charge in [0.05, 0.1) is 17.8 Å². The predicted molar refractivity (Wildman–Crippen MR) is 97.0 cm³/mol. The molecule has 0 saturated carbocycles. The summed E-state index contributed by atoms with van der Waals surface area (Å²) in [5.41, 5.74) is 1.88. The molecule has 0 saturated heterocycles. The molecule has 0 bridgehead atoms. The summed E-state index contributed by atoms with van der Waals surface area (Å²) in [6, 6.07) is 9.66. The second kappa shape index (κ2) is 7.96. The molecule has 2 heterocycles. The molecule has 0 aliphatic carbocycles. The largest absolute Gasteiger partial charge is 0.369 e. The van der Waals surface area contributed by atoms with Gasteiger partial charge in [0, 0.05) is 6.54 Å². The maximum atomic E-state index is 12.3. The van der Waals surface area contributed by atoms with Gasteiger partial charge in [-0.2, -0.15) is 5.10 Å². The van der Waals surface area contributed by atoms with Gasteiger partial charge >= 0.3 is 0 Å². The summed E-state index contributed by atoms with van der Waals surface area (Å²) in [4.78, 5) is 24.0. The lowest BCUT2D eigenvalue weighted by Crippen LogP contribution is -2.37. The van der Waals surface area contributed by atoms with Gasteiger partial charge in [0.2, 0.25) is 5.91 Å². The first-order chi connectivity index (χ1) is 12.2. The van der Waals surface area contributed by atoms with Crippen LogP contribution in [0.25, 0.3) is 5.69 Å². The molecule has 2 amide bonds. The smallest absolute Gasteiger partial charge is 0.263 e. The van der Waals surface area contributed by atoms with Gasteiger partial charge in [0.1, 0.15) is 11.4 Å². The van der Waals surface area contributed by atoms with Gasteiger partial charge < -0.3 is 5.32 Å². The number of hydrogen-bond donors (Lipinski definition) is 2. The number of rotatable bonds is 8. The molecule has 1 aliphatic rings. The fourth-order valence-electron chi connectivity index (χ4n) is 3.07. The van der Waals surface area contributed by atoms with Crippen molar-refractivity contribution in [2.75, 3.05) is 11.9 Å². The van der Waals surface area contributed by atoms with Crippen molar-refractivity contribution in [2.45, 2.75) is 45.4 Å². The number of fused-ring (bicyclic) bond motifs is 1. The van der Waals surface area contributed by atoms with Gasteiger partial charge in [-0.15, -0.1) is 0 Å². The number of nitrogens with zero attached hydrogens (tertiary/aromatic N) is 2. The van der Waals surface area contributed by atoms with Crippen molar-refractivity contribution in [3.63, 3.8) is 0 Å². The van der Waals surface area contributed by atoms with Crippen molar-refractivity contribution in [1.82, 2.24) is 15.1 Å². The van der Waals surface area contributed by atoms with Crippen LogP contribution < -0.4 is 10.6 Å². The van der Waals surface area contributed by atoms with Gasteiger partial charge in [0.15, 0.2) is 0 Å². The third-order valence-electron chi connectivity index (χ3n) is 4.34. The zero-order valence-corrected chi connectivity index (χ0v) is 14.5. The number of hydrogen-bond acceptors (Lipinski definition) is 4. The molecule has 0 unspecified atom stereocenters. The Morgan fingerprint density at radius 3 is 2.64 bits per heavy atom. The van der Waals surface area contributed by atoms with E-state index in [9.17, 15) is 9.59 Å². The lowest BCUT2D eigenvalue weighted by molar-refractivity contribution is -0.119. The van der Waals surface area contributed by atoms with E-state index in [1.165, 1.54) is 19.3 Å². The van der Waals surface area contributed by atoms with Crippen molar-refractivity contribution in [3.05, 3.63) is 41.6 Å². The van der Waals surface area contributed by atoms with Crippen molar-refractivity contribution in [2.24, 2.45) is 0 Å². The van der Waals surface area contributed by atoms with Crippen LogP contribution in [0.1, 0.15) is 55.1 Å². The van der Waals surface area contributed by atoms with E-state index in [0.717, 1.165) is 25.1 Å². The molecular weight excluding hydrogens is 316 g/mol. The molecule has 1 aromatic carbocycles. The van der Waals surface area contributed by atoms with Crippen LogP contribution in [-0.4, -0.2) is 28.1 Å². The van der Waals surface area contributed by atoms with Crippen LogP contribution in [0, 0.1) is 0 Å². The maximum absolute atomic E-state index is 12.3. The van der Waals surface area contributed by atoms with E-state index in [-0.39, 0.29) is 18.2 Å². The molecule has 132 valence electrons. The fraction of sp³-hybridized carbons (Fsp3) is 0.421. The Bertz CT molecular complexity index is 752. The molecule has 0 spiro atoms. The molecule has 6 nitrogen and oxygen atoms in total. The first-order valence-corrected chi connectivity index (χ1v) is 8.96. The number of benzene rings is 1. The lowest BCUT2D eigenvalue weighted by Gasteiger charge is -2.13. The quantitative estimate of drug-likeness (QED) is 0.572. The molecule has 0 fully saturated rings. The van der Waals surface area contributed by atoms with E-state index < -0.39 is 0 Å². The number of nitrogens with one attached hydrogen (secondary N) is 2. The van der Waals surface area contributed by atoms with Gasteiger partial charge in [-0.1, -0.05) is 50.8 Å². The summed E-state index contributed by atoms with van der Waals surface area (Å²) in [6.45, 7) is 2.97. The monoisotopic (exact) mass is 340 g/mol. The SMILES string of the molecule is CCCCCCCNc1c2c(nn1-c1ccccc1)CC(=O)NC2=O. The fourth-order valence-corrected chi connectivity index (χ4v) is 3.07. The summed E-state index contributed by atoms with van der Waals surface area (Å²) < 4.78 is 1.73. The summed E-state index contributed by atoms with van der Waals surface area (Å²) in [5, 5.41) is 10.3. The number of unbranched alkanes of at least 4 members (excludes halogenated alkanes) is 4. The highest BCUT2D eigenvalue weighted by Crippen LogP contribution is 2.26. The van der Waals surface area contributed by atoms with Crippen molar-refractivity contribution in [3.8, 4) is 5.69 Å². The average Bonchev–Trinajstić information content (AvgIpc) is 2.97. The van der Waals surface area contributed by atoms with Gasteiger partial charge in [-0.25, -0.2) is 4.68 Å². The second-order valence-electron chi connectivity index (χ2n) is 6.31. The Kier molecular flexibility index (Phi) is 5.48. The second-order valence-corrected chi connectivity index (χ2v) is 6.31. The van der Waals surface area contributed by atoms with E-state index in [0.29, 0.717) is 17.1 Å². The molecule has 2 N–H and O–H groups in total. The normalized spacial score (nSPS) is 13.5. The molecule has 6 heteroatoms. The number of carbonyl (C=O) groups is 2. The summed E-state index contributed by atoms with van der Waals surface area (Å²) in [7, 11) is 0. The number of aromatic nitrogens is 2. The van der Waals surface area contributed by atoms with Crippen LogP contribution in [0.5, 0.6) is 0 Å². The number of amides is 2. The zero-order valence-electron chi connectivity index (χ0n) is 14.5. The van der Waals surface area contributed by atoms with E-state index in [4.69, 9.17) is 0 Å². The highest BCUT2D eigenvalue weighted by atomic mass is 16.2. The minimum atomic E-state index is -0.373. The Balaban J connectivity index is 1.84. The molecule has 0 atom stereocenters. The van der Waals surface area contributed by atoms with E-state index >= 15 is 0 Å². The highest BCUT2D eigenvalue weighted by molar-refractivity contribution is 6.12. The van der Waals surface area contributed by atoms with Crippen molar-refractivity contribution in [1.29, 1.82) is 0 Å². The number of carbonyl (C=O) groups excluding carboxylic acids is 2. The number of imide groups is 1.